The van der Waals surface area contributed by atoms with Gasteiger partial charge in [0.05, 0.1) is 5.57 Å². The Kier molecular flexibility index (Phi) is 6.82. The molecule has 1 aliphatic rings. The molecule has 1 unspecified atom stereocenters. The molecule has 2 rings (SSSR count). The molecule has 1 aliphatic carbocycles. The van der Waals surface area contributed by atoms with Crippen molar-refractivity contribution in [2.75, 3.05) is 4.72 Å². The first-order valence-corrected chi connectivity index (χ1v) is 9.75. The van der Waals surface area contributed by atoms with Gasteiger partial charge in [0.1, 0.15) is 17.5 Å². The summed E-state index contributed by atoms with van der Waals surface area (Å²) in [5.41, 5.74) is -1.01. The van der Waals surface area contributed by atoms with E-state index in [2.05, 4.69) is 21.8 Å². The Hall–Kier alpha value is -2.14. The summed E-state index contributed by atoms with van der Waals surface area (Å²) in [7, 11) is -4.34. The molecule has 0 fully saturated rings. The molecule has 7 nitrogen and oxygen atoms in total. The zero-order chi connectivity index (χ0) is 20.2. The number of halogens is 2. The minimum absolute atomic E-state index is 0.0139. The number of nitrogens with one attached hydrogen (secondary N) is 1. The molecule has 1 aromatic carbocycles. The summed E-state index contributed by atoms with van der Waals surface area (Å²) >= 11 is 3.38. The van der Waals surface area contributed by atoms with E-state index in [0.29, 0.717) is 12.8 Å². The summed E-state index contributed by atoms with van der Waals surface area (Å²) in [6.45, 7) is 0.778. The van der Waals surface area contributed by atoms with E-state index in [1.165, 1.54) is 6.08 Å². The Morgan fingerprint density at radius 1 is 1.30 bits per heavy atom. The highest BCUT2D eigenvalue weighted by atomic mass is 32.2. The maximum absolute atomic E-state index is 14.2. The minimum Gasteiger partial charge on any atom is -0.461 e. The van der Waals surface area contributed by atoms with Crippen molar-refractivity contribution in [1.29, 1.82) is 0 Å². The lowest BCUT2D eigenvalue weighted by Crippen LogP contribution is -2.34. The zero-order valence-corrected chi connectivity index (χ0v) is 15.9. The van der Waals surface area contributed by atoms with Gasteiger partial charge in [-0.1, -0.05) is 6.08 Å². The van der Waals surface area contributed by atoms with Crippen molar-refractivity contribution in [2.24, 2.45) is 0 Å². The molecule has 1 aromatic rings. The number of carbonyl (C=O) groups excluding carboxylic acids is 2. The van der Waals surface area contributed by atoms with Crippen LogP contribution in [-0.4, -0.2) is 25.6 Å². The molecule has 11 heteroatoms. The predicted octanol–water partition coefficient (Wildman–Crippen LogP) is 2.64. The number of allylic oxidation sites excluding steroid dienone is 1. The number of ether oxygens (including phenoxy) is 1. The van der Waals surface area contributed by atoms with E-state index in [1.807, 2.05) is 4.72 Å². The molecule has 148 valence electrons. The van der Waals surface area contributed by atoms with E-state index in [1.54, 1.807) is 0 Å². The lowest BCUT2D eigenvalue weighted by molar-refractivity contribution is -0.142. The molecule has 0 spiro atoms. The standard InChI is InChI=1S/C16H17F2NO6S2/c1-9(20)24-8-10-6-12(17)15(13(18)7-10)19-27(22,23)14-5-3-2-4-11(14)16(21)25-26/h4,6-7,14,19,26H,2-3,5,8H2,1H3. The third kappa shape index (κ3) is 5.19. The fraction of sp³-hybridized carbons (Fsp3) is 0.375. The molecule has 0 amide bonds. The summed E-state index contributed by atoms with van der Waals surface area (Å²) in [6.07, 6.45) is 2.43. The van der Waals surface area contributed by atoms with Crippen LogP contribution in [0.4, 0.5) is 14.5 Å². The van der Waals surface area contributed by atoms with Crippen molar-refractivity contribution in [3.63, 3.8) is 0 Å². The van der Waals surface area contributed by atoms with E-state index in [-0.39, 0.29) is 24.2 Å². The van der Waals surface area contributed by atoms with Crippen molar-refractivity contribution in [2.45, 2.75) is 38.0 Å². The first kappa shape index (κ1) is 21.2. The molecular weight excluding hydrogens is 404 g/mol. The number of esters is 1. The SMILES string of the molecule is CC(=O)OCc1cc(F)c(NS(=O)(=O)C2CCCC=C2C(=O)OS)c(F)c1. The van der Waals surface area contributed by atoms with Gasteiger partial charge < -0.3 is 8.92 Å². The Morgan fingerprint density at radius 2 is 1.93 bits per heavy atom. The first-order chi connectivity index (χ1) is 12.7. The number of carbonyl (C=O) groups is 2. The van der Waals surface area contributed by atoms with Crippen LogP contribution in [0.1, 0.15) is 31.7 Å². The fourth-order valence-corrected chi connectivity index (χ4v) is 4.37. The molecule has 0 aromatic heterocycles. The summed E-state index contributed by atoms with van der Waals surface area (Å²) in [5, 5.41) is -1.33. The molecule has 1 N–H and O–H groups in total. The highest BCUT2D eigenvalue weighted by Gasteiger charge is 2.36. The second-order valence-corrected chi connectivity index (χ2v) is 7.87. The average molecular weight is 421 g/mol. The number of sulfonamides is 1. The van der Waals surface area contributed by atoms with Gasteiger partial charge in [0.2, 0.25) is 10.0 Å². The molecule has 0 saturated heterocycles. The van der Waals surface area contributed by atoms with E-state index < -0.39 is 44.5 Å². The number of rotatable bonds is 6. The van der Waals surface area contributed by atoms with Crippen LogP contribution in [0, 0.1) is 11.6 Å². The van der Waals surface area contributed by atoms with Gasteiger partial charge in [-0.3, -0.25) is 9.52 Å². The number of hydrogen-bond acceptors (Lipinski definition) is 7. The molecule has 0 bridgehead atoms. The Bertz CT molecular complexity index is 862. The van der Waals surface area contributed by atoms with Crippen LogP contribution in [0.25, 0.3) is 0 Å². The normalized spacial score (nSPS) is 17.0. The Balaban J connectivity index is 2.29. The van der Waals surface area contributed by atoms with Crippen LogP contribution in [0.15, 0.2) is 23.8 Å². The van der Waals surface area contributed by atoms with Crippen LogP contribution in [0.2, 0.25) is 0 Å². The van der Waals surface area contributed by atoms with Crippen molar-refractivity contribution in [3.8, 4) is 0 Å². The van der Waals surface area contributed by atoms with Crippen molar-refractivity contribution in [3.05, 3.63) is 41.0 Å². The Labute approximate surface area is 160 Å². The highest BCUT2D eigenvalue weighted by molar-refractivity contribution is 7.93. The second kappa shape index (κ2) is 8.70. The molecule has 0 radical (unpaired) electrons. The number of anilines is 1. The number of thiol groups is 1. The van der Waals surface area contributed by atoms with Gasteiger partial charge >= 0.3 is 11.9 Å². The lowest BCUT2D eigenvalue weighted by Gasteiger charge is -2.23. The number of benzene rings is 1. The smallest absolute Gasteiger partial charge is 0.346 e. The molecule has 0 saturated carbocycles. The van der Waals surface area contributed by atoms with Gasteiger partial charge in [-0.15, -0.1) is 0 Å². The van der Waals surface area contributed by atoms with Crippen molar-refractivity contribution in [1.82, 2.24) is 0 Å². The largest absolute Gasteiger partial charge is 0.461 e. The average Bonchev–Trinajstić information content (AvgIpc) is 2.62. The Morgan fingerprint density at radius 3 is 2.48 bits per heavy atom. The quantitative estimate of drug-likeness (QED) is 0.416. The monoisotopic (exact) mass is 421 g/mol. The molecule has 0 heterocycles. The van der Waals surface area contributed by atoms with E-state index in [4.69, 9.17) is 0 Å². The number of hydrogen-bond donors (Lipinski definition) is 2. The van der Waals surface area contributed by atoms with Gasteiger partial charge in [-0.05, 0) is 37.0 Å². The predicted molar refractivity (Wildman–Crippen MR) is 95.2 cm³/mol. The highest BCUT2D eigenvalue weighted by Crippen LogP contribution is 2.29. The van der Waals surface area contributed by atoms with Crippen LogP contribution < -0.4 is 4.72 Å². The maximum Gasteiger partial charge on any atom is 0.346 e. The first-order valence-electron chi connectivity index (χ1n) is 7.84. The van der Waals surface area contributed by atoms with E-state index in [9.17, 15) is 26.8 Å². The third-order valence-corrected chi connectivity index (χ3v) is 5.76. The van der Waals surface area contributed by atoms with Gasteiger partial charge in [-0.2, -0.15) is 0 Å². The lowest BCUT2D eigenvalue weighted by atomic mass is 9.99. The van der Waals surface area contributed by atoms with E-state index in [0.717, 1.165) is 19.1 Å². The van der Waals surface area contributed by atoms with Crippen LogP contribution in [-0.2, 0) is 35.1 Å². The third-order valence-electron chi connectivity index (χ3n) is 3.86. The molecule has 1 atom stereocenters. The maximum atomic E-state index is 14.2. The zero-order valence-electron chi connectivity index (χ0n) is 14.2. The van der Waals surface area contributed by atoms with Gasteiger partial charge in [-0.25, -0.2) is 22.0 Å². The van der Waals surface area contributed by atoms with Crippen LogP contribution in [0.5, 0.6) is 0 Å². The van der Waals surface area contributed by atoms with Crippen molar-refractivity contribution >= 4 is 40.6 Å². The molecular formula is C16H17F2NO6S2. The summed E-state index contributed by atoms with van der Waals surface area (Å²) in [6, 6.07) is 1.70. The summed E-state index contributed by atoms with van der Waals surface area (Å²) in [5.74, 6) is -3.93. The van der Waals surface area contributed by atoms with Crippen LogP contribution >= 0.6 is 12.9 Å². The van der Waals surface area contributed by atoms with E-state index >= 15 is 0 Å². The fourth-order valence-electron chi connectivity index (χ4n) is 2.64. The van der Waals surface area contributed by atoms with Gasteiger partial charge in [0.15, 0.2) is 11.6 Å². The second-order valence-electron chi connectivity index (χ2n) is 5.82. The van der Waals surface area contributed by atoms with Crippen LogP contribution in [0.3, 0.4) is 0 Å². The summed E-state index contributed by atoms with van der Waals surface area (Å²) < 4.78 is 64.5. The molecule has 27 heavy (non-hydrogen) atoms. The summed E-state index contributed by atoms with van der Waals surface area (Å²) in [4.78, 5) is 22.5. The minimum atomic E-state index is -4.34. The van der Waals surface area contributed by atoms with Gasteiger partial charge in [0.25, 0.3) is 0 Å². The van der Waals surface area contributed by atoms with Crippen molar-refractivity contribution < 1.29 is 35.7 Å². The molecule has 0 aliphatic heterocycles. The van der Waals surface area contributed by atoms with Gasteiger partial charge in [0, 0.05) is 19.8 Å². The topological polar surface area (TPSA) is 98.8 Å².